The maximum absolute atomic E-state index is 5.21. The van der Waals surface area contributed by atoms with Crippen LogP contribution >= 0.6 is 0 Å². The highest BCUT2D eigenvalue weighted by Gasteiger charge is 2.19. The normalized spacial score (nSPS) is 14.6. The molecular weight excluding hydrogens is 216 g/mol. The van der Waals surface area contributed by atoms with Crippen LogP contribution in [0.1, 0.15) is 13.8 Å². The van der Waals surface area contributed by atoms with Crippen molar-refractivity contribution >= 4 is 0 Å². The predicted molar refractivity (Wildman–Crippen MR) is 71.1 cm³/mol. The molecule has 0 aromatic carbocycles. The zero-order valence-electron chi connectivity index (χ0n) is 11.5. The SMILES string of the molecule is C#CCNCC(C)N(CCOC)C(C)COC. The Bertz CT molecular complexity index is 216. The summed E-state index contributed by atoms with van der Waals surface area (Å²) in [5.74, 6) is 2.58. The average Bonchev–Trinajstić information content (AvgIpc) is 2.30. The second kappa shape index (κ2) is 10.5. The van der Waals surface area contributed by atoms with Crippen LogP contribution in [0, 0.1) is 12.3 Å². The van der Waals surface area contributed by atoms with Gasteiger partial charge < -0.3 is 14.8 Å². The Hall–Kier alpha value is -0.600. The van der Waals surface area contributed by atoms with Crippen LogP contribution in [0.25, 0.3) is 0 Å². The summed E-state index contributed by atoms with van der Waals surface area (Å²) in [5.41, 5.74) is 0. The van der Waals surface area contributed by atoms with Gasteiger partial charge in [0.2, 0.25) is 0 Å². The van der Waals surface area contributed by atoms with E-state index in [1.807, 2.05) is 0 Å². The minimum Gasteiger partial charge on any atom is -0.383 e. The Balaban J connectivity index is 4.18. The summed E-state index contributed by atoms with van der Waals surface area (Å²) in [5, 5.41) is 3.23. The molecule has 0 radical (unpaired) electrons. The van der Waals surface area contributed by atoms with E-state index in [0.717, 1.165) is 26.3 Å². The zero-order valence-corrected chi connectivity index (χ0v) is 11.5. The zero-order chi connectivity index (χ0) is 13.1. The third-order valence-corrected chi connectivity index (χ3v) is 2.76. The molecule has 0 aromatic heterocycles. The predicted octanol–water partition coefficient (Wildman–Crippen LogP) is 0.581. The minimum atomic E-state index is 0.373. The van der Waals surface area contributed by atoms with Gasteiger partial charge in [-0.05, 0) is 13.8 Å². The molecule has 0 aliphatic carbocycles. The number of hydrogen-bond acceptors (Lipinski definition) is 4. The summed E-state index contributed by atoms with van der Waals surface area (Å²) >= 11 is 0. The Morgan fingerprint density at radius 1 is 1.24 bits per heavy atom. The molecule has 0 fully saturated rings. The van der Waals surface area contributed by atoms with E-state index in [4.69, 9.17) is 15.9 Å². The van der Waals surface area contributed by atoms with Crippen LogP contribution in [0.3, 0.4) is 0 Å². The summed E-state index contributed by atoms with van der Waals surface area (Å²) < 4.78 is 10.3. The first-order valence-corrected chi connectivity index (χ1v) is 6.05. The molecule has 4 nitrogen and oxygen atoms in total. The molecule has 2 atom stereocenters. The largest absolute Gasteiger partial charge is 0.383 e. The molecule has 2 unspecified atom stereocenters. The lowest BCUT2D eigenvalue weighted by Crippen LogP contribution is -2.48. The van der Waals surface area contributed by atoms with Crippen LogP contribution in [0.5, 0.6) is 0 Å². The highest BCUT2D eigenvalue weighted by atomic mass is 16.5. The maximum atomic E-state index is 5.21. The van der Waals surface area contributed by atoms with Gasteiger partial charge in [0, 0.05) is 39.4 Å². The van der Waals surface area contributed by atoms with Gasteiger partial charge in [0.15, 0.2) is 0 Å². The summed E-state index contributed by atoms with van der Waals surface area (Å²) in [7, 11) is 3.45. The van der Waals surface area contributed by atoms with Crippen molar-refractivity contribution in [1.29, 1.82) is 0 Å². The van der Waals surface area contributed by atoms with Crippen LogP contribution < -0.4 is 5.32 Å². The van der Waals surface area contributed by atoms with Gasteiger partial charge in [-0.25, -0.2) is 0 Å². The fourth-order valence-electron chi connectivity index (χ4n) is 1.88. The van der Waals surface area contributed by atoms with Gasteiger partial charge in [0.1, 0.15) is 0 Å². The first-order chi connectivity index (χ1) is 8.17. The van der Waals surface area contributed by atoms with E-state index in [1.54, 1.807) is 14.2 Å². The Morgan fingerprint density at radius 2 is 1.94 bits per heavy atom. The number of ether oxygens (including phenoxy) is 2. The van der Waals surface area contributed by atoms with Crippen LogP contribution in [-0.4, -0.2) is 64.1 Å². The van der Waals surface area contributed by atoms with Gasteiger partial charge in [-0.3, -0.25) is 4.90 Å². The van der Waals surface area contributed by atoms with Gasteiger partial charge in [0.25, 0.3) is 0 Å². The fraction of sp³-hybridized carbons (Fsp3) is 0.846. The summed E-state index contributed by atoms with van der Waals surface area (Å²) in [6, 6.07) is 0.779. The molecule has 0 heterocycles. The van der Waals surface area contributed by atoms with E-state index in [2.05, 4.69) is 30.0 Å². The van der Waals surface area contributed by atoms with Crippen molar-refractivity contribution in [2.75, 3.05) is 47.1 Å². The van der Waals surface area contributed by atoms with E-state index in [-0.39, 0.29) is 0 Å². The van der Waals surface area contributed by atoms with Gasteiger partial charge in [-0.1, -0.05) is 5.92 Å². The lowest BCUT2D eigenvalue weighted by molar-refractivity contribution is 0.0520. The van der Waals surface area contributed by atoms with Crippen molar-refractivity contribution in [3.63, 3.8) is 0 Å². The molecule has 0 bridgehead atoms. The molecular formula is C13H26N2O2. The van der Waals surface area contributed by atoms with E-state index in [9.17, 15) is 0 Å². The molecule has 0 aliphatic heterocycles. The Morgan fingerprint density at radius 3 is 2.47 bits per heavy atom. The molecule has 0 aromatic rings. The lowest BCUT2D eigenvalue weighted by atomic mass is 10.2. The topological polar surface area (TPSA) is 33.7 Å². The molecule has 4 heteroatoms. The number of terminal acetylenes is 1. The molecule has 0 spiro atoms. The van der Waals surface area contributed by atoms with Crippen molar-refractivity contribution in [3.8, 4) is 12.3 Å². The van der Waals surface area contributed by atoms with E-state index in [0.29, 0.717) is 18.6 Å². The number of rotatable bonds is 10. The third kappa shape index (κ3) is 7.35. The second-order valence-electron chi connectivity index (χ2n) is 4.22. The summed E-state index contributed by atoms with van der Waals surface area (Å²) in [6.07, 6.45) is 5.21. The smallest absolute Gasteiger partial charge is 0.0615 e. The van der Waals surface area contributed by atoms with E-state index >= 15 is 0 Å². The molecule has 0 amide bonds. The molecule has 100 valence electrons. The average molecular weight is 242 g/mol. The van der Waals surface area contributed by atoms with Crippen LogP contribution in [-0.2, 0) is 9.47 Å². The van der Waals surface area contributed by atoms with Crippen molar-refractivity contribution in [1.82, 2.24) is 10.2 Å². The fourth-order valence-corrected chi connectivity index (χ4v) is 1.88. The van der Waals surface area contributed by atoms with Gasteiger partial charge in [-0.2, -0.15) is 0 Å². The van der Waals surface area contributed by atoms with Crippen LogP contribution in [0.4, 0.5) is 0 Å². The molecule has 0 aliphatic rings. The van der Waals surface area contributed by atoms with Crippen molar-refractivity contribution in [3.05, 3.63) is 0 Å². The molecule has 0 saturated heterocycles. The monoisotopic (exact) mass is 242 g/mol. The van der Waals surface area contributed by atoms with E-state index in [1.165, 1.54) is 0 Å². The maximum Gasteiger partial charge on any atom is 0.0615 e. The highest BCUT2D eigenvalue weighted by molar-refractivity contribution is 4.87. The minimum absolute atomic E-state index is 0.373. The number of hydrogen-bond donors (Lipinski definition) is 1. The Labute approximate surface area is 106 Å². The number of methoxy groups -OCH3 is 2. The van der Waals surface area contributed by atoms with E-state index < -0.39 is 0 Å². The summed E-state index contributed by atoms with van der Waals surface area (Å²) in [4.78, 5) is 2.37. The number of nitrogens with zero attached hydrogens (tertiary/aromatic N) is 1. The standard InChI is InChI=1S/C13H26N2O2/c1-6-7-14-10-12(2)15(8-9-16-4)13(3)11-17-5/h1,12-14H,7-11H2,2-5H3. The van der Waals surface area contributed by atoms with Crippen molar-refractivity contribution < 1.29 is 9.47 Å². The van der Waals surface area contributed by atoms with Crippen LogP contribution in [0.15, 0.2) is 0 Å². The first-order valence-electron chi connectivity index (χ1n) is 6.05. The van der Waals surface area contributed by atoms with Crippen LogP contribution in [0.2, 0.25) is 0 Å². The van der Waals surface area contributed by atoms with Crippen molar-refractivity contribution in [2.24, 2.45) is 0 Å². The molecule has 17 heavy (non-hydrogen) atoms. The molecule has 0 saturated carbocycles. The third-order valence-electron chi connectivity index (χ3n) is 2.76. The molecule has 0 rings (SSSR count). The van der Waals surface area contributed by atoms with Crippen molar-refractivity contribution in [2.45, 2.75) is 25.9 Å². The Kier molecular flexibility index (Phi) is 10.2. The van der Waals surface area contributed by atoms with Gasteiger partial charge >= 0.3 is 0 Å². The van der Waals surface area contributed by atoms with Gasteiger partial charge in [0.05, 0.1) is 19.8 Å². The summed E-state index contributed by atoms with van der Waals surface area (Å²) in [6.45, 7) is 8.20. The quantitative estimate of drug-likeness (QED) is 0.449. The lowest BCUT2D eigenvalue weighted by Gasteiger charge is -2.34. The second-order valence-corrected chi connectivity index (χ2v) is 4.22. The number of nitrogens with one attached hydrogen (secondary N) is 1. The first kappa shape index (κ1) is 16.4. The molecule has 1 N–H and O–H groups in total. The highest BCUT2D eigenvalue weighted by Crippen LogP contribution is 2.05. The van der Waals surface area contributed by atoms with Gasteiger partial charge in [-0.15, -0.1) is 6.42 Å².